The number of oxime groups is 1. The first-order valence-corrected chi connectivity index (χ1v) is 8.30. The number of amidine groups is 1. The predicted octanol–water partition coefficient (Wildman–Crippen LogP) is 2.90. The summed E-state index contributed by atoms with van der Waals surface area (Å²) in [4.78, 5) is 0. The Hall–Kier alpha value is -3.29. The minimum Gasteiger partial charge on any atom is -0.508 e. The van der Waals surface area contributed by atoms with Gasteiger partial charge in [-0.3, -0.25) is 0 Å². The van der Waals surface area contributed by atoms with Crippen molar-refractivity contribution < 1.29 is 14.8 Å². The van der Waals surface area contributed by atoms with Gasteiger partial charge in [-0.1, -0.05) is 23.7 Å². The SMILES string of the molecule is CCCc1nn(-c2ccc(O)cc2)c(-c2c(C)noc2C)c1C(N)=NO. The van der Waals surface area contributed by atoms with Crippen molar-refractivity contribution in [1.82, 2.24) is 14.9 Å². The molecule has 0 fully saturated rings. The number of rotatable bonds is 5. The molecule has 8 heteroatoms. The second-order valence-electron chi connectivity index (χ2n) is 6.03. The summed E-state index contributed by atoms with van der Waals surface area (Å²) in [5.74, 6) is 0.746. The lowest BCUT2D eigenvalue weighted by atomic mass is 10.0. The third kappa shape index (κ3) is 2.90. The van der Waals surface area contributed by atoms with Crippen LogP contribution in [0.4, 0.5) is 0 Å². The molecule has 0 saturated carbocycles. The van der Waals surface area contributed by atoms with Crippen LogP contribution in [0.2, 0.25) is 0 Å². The molecule has 0 aliphatic carbocycles. The van der Waals surface area contributed by atoms with Crippen molar-refractivity contribution in [2.24, 2.45) is 10.9 Å². The van der Waals surface area contributed by atoms with Crippen molar-refractivity contribution in [2.45, 2.75) is 33.6 Å². The van der Waals surface area contributed by atoms with Crippen LogP contribution in [0.5, 0.6) is 5.75 Å². The molecule has 0 aliphatic heterocycles. The van der Waals surface area contributed by atoms with Gasteiger partial charge in [0, 0.05) is 0 Å². The van der Waals surface area contributed by atoms with Crippen LogP contribution in [0.25, 0.3) is 16.9 Å². The van der Waals surface area contributed by atoms with Crippen LogP contribution in [0.3, 0.4) is 0 Å². The smallest absolute Gasteiger partial charge is 0.174 e. The van der Waals surface area contributed by atoms with Gasteiger partial charge in [0.25, 0.3) is 0 Å². The number of aryl methyl sites for hydroxylation is 3. The topological polar surface area (TPSA) is 123 Å². The standard InChI is InChI=1S/C18H21N5O3/c1-4-5-14-16(18(19)21-25)17(15-10(2)22-26-11(15)3)23(20-14)12-6-8-13(24)9-7-12/h6-9,24-25H,4-5H2,1-3H3,(H2,19,21). The van der Waals surface area contributed by atoms with E-state index in [9.17, 15) is 10.3 Å². The maximum atomic E-state index is 9.59. The number of phenols is 1. The molecule has 0 aliphatic rings. The Balaban J connectivity index is 2.38. The fourth-order valence-corrected chi connectivity index (χ4v) is 3.03. The molecule has 0 radical (unpaired) electrons. The van der Waals surface area contributed by atoms with E-state index in [-0.39, 0.29) is 11.6 Å². The van der Waals surface area contributed by atoms with Gasteiger partial charge in [-0.2, -0.15) is 5.10 Å². The maximum Gasteiger partial charge on any atom is 0.174 e. The summed E-state index contributed by atoms with van der Waals surface area (Å²) < 4.78 is 7.04. The summed E-state index contributed by atoms with van der Waals surface area (Å²) >= 11 is 0. The number of phenolic OH excluding ortho intramolecular Hbond substituents is 1. The summed E-state index contributed by atoms with van der Waals surface area (Å²) in [5, 5.41) is 30.8. The van der Waals surface area contributed by atoms with E-state index in [1.165, 1.54) is 0 Å². The van der Waals surface area contributed by atoms with Gasteiger partial charge in [-0.05, 0) is 44.5 Å². The van der Waals surface area contributed by atoms with Gasteiger partial charge < -0.3 is 20.6 Å². The van der Waals surface area contributed by atoms with Crippen LogP contribution in [0, 0.1) is 13.8 Å². The van der Waals surface area contributed by atoms with E-state index in [1.807, 2.05) is 13.8 Å². The summed E-state index contributed by atoms with van der Waals surface area (Å²) in [6, 6.07) is 6.65. The lowest BCUT2D eigenvalue weighted by Gasteiger charge is -2.09. The van der Waals surface area contributed by atoms with E-state index in [4.69, 9.17) is 15.4 Å². The highest BCUT2D eigenvalue weighted by molar-refractivity contribution is 6.04. The van der Waals surface area contributed by atoms with Gasteiger partial charge >= 0.3 is 0 Å². The number of nitrogens with two attached hydrogens (primary N) is 1. The summed E-state index contributed by atoms with van der Waals surface area (Å²) in [7, 11) is 0. The summed E-state index contributed by atoms with van der Waals surface area (Å²) in [6.07, 6.45) is 1.51. The number of hydrogen-bond acceptors (Lipinski definition) is 6. The third-order valence-corrected chi connectivity index (χ3v) is 4.17. The van der Waals surface area contributed by atoms with Crippen LogP contribution >= 0.6 is 0 Å². The highest BCUT2D eigenvalue weighted by Gasteiger charge is 2.27. The average Bonchev–Trinajstić information content (AvgIpc) is 3.15. The Labute approximate surface area is 150 Å². The van der Waals surface area contributed by atoms with Gasteiger partial charge in [0.1, 0.15) is 11.5 Å². The molecule has 136 valence electrons. The summed E-state index contributed by atoms with van der Waals surface area (Å²) in [6.45, 7) is 5.67. The van der Waals surface area contributed by atoms with Crippen LogP contribution in [0.1, 0.15) is 36.1 Å². The van der Waals surface area contributed by atoms with Gasteiger partial charge in [0.2, 0.25) is 0 Å². The Bertz CT molecular complexity index is 935. The molecule has 0 unspecified atom stereocenters. The minimum absolute atomic E-state index is 0.0199. The second kappa shape index (κ2) is 6.91. The highest BCUT2D eigenvalue weighted by atomic mass is 16.5. The number of nitrogens with zero attached hydrogens (tertiary/aromatic N) is 4. The van der Waals surface area contributed by atoms with Crippen molar-refractivity contribution >= 4 is 5.84 Å². The zero-order valence-electron chi connectivity index (χ0n) is 14.9. The van der Waals surface area contributed by atoms with Gasteiger partial charge in [-0.15, -0.1) is 0 Å². The lowest BCUT2D eigenvalue weighted by molar-refractivity contribution is 0.318. The molecule has 3 rings (SSSR count). The van der Waals surface area contributed by atoms with Crippen LogP contribution < -0.4 is 5.73 Å². The second-order valence-corrected chi connectivity index (χ2v) is 6.03. The molecule has 1 aromatic carbocycles. The van der Waals surface area contributed by atoms with E-state index in [0.29, 0.717) is 34.8 Å². The van der Waals surface area contributed by atoms with Gasteiger partial charge in [0.15, 0.2) is 5.84 Å². The van der Waals surface area contributed by atoms with Crippen molar-refractivity contribution in [3.05, 3.63) is 47.0 Å². The Morgan fingerprint density at radius 2 is 1.96 bits per heavy atom. The molecule has 2 heterocycles. The van der Waals surface area contributed by atoms with Crippen molar-refractivity contribution in [3.63, 3.8) is 0 Å². The first-order chi connectivity index (χ1) is 12.5. The van der Waals surface area contributed by atoms with E-state index in [0.717, 1.165) is 17.7 Å². The number of aromatic hydroxyl groups is 1. The quantitative estimate of drug-likeness (QED) is 0.280. The minimum atomic E-state index is -0.0199. The highest BCUT2D eigenvalue weighted by Crippen LogP contribution is 2.34. The monoisotopic (exact) mass is 355 g/mol. The molecule has 8 nitrogen and oxygen atoms in total. The summed E-state index contributed by atoms with van der Waals surface area (Å²) in [5.41, 5.74) is 10.1. The molecule has 2 aromatic heterocycles. The van der Waals surface area contributed by atoms with E-state index in [1.54, 1.807) is 35.9 Å². The molecule has 0 spiro atoms. The average molecular weight is 355 g/mol. The zero-order chi connectivity index (χ0) is 18.8. The van der Waals surface area contributed by atoms with Crippen LogP contribution in [-0.4, -0.2) is 31.1 Å². The third-order valence-electron chi connectivity index (χ3n) is 4.17. The molecule has 0 bridgehead atoms. The van der Waals surface area contributed by atoms with E-state index in [2.05, 4.69) is 10.3 Å². The first-order valence-electron chi connectivity index (χ1n) is 8.30. The molecule has 0 atom stereocenters. The molecule has 26 heavy (non-hydrogen) atoms. The fourth-order valence-electron chi connectivity index (χ4n) is 3.03. The zero-order valence-corrected chi connectivity index (χ0v) is 14.9. The van der Waals surface area contributed by atoms with Crippen LogP contribution in [0.15, 0.2) is 33.9 Å². The van der Waals surface area contributed by atoms with Crippen molar-refractivity contribution in [3.8, 4) is 22.7 Å². The largest absolute Gasteiger partial charge is 0.508 e. The molecular weight excluding hydrogens is 334 g/mol. The first kappa shape index (κ1) is 17.5. The Morgan fingerprint density at radius 3 is 2.50 bits per heavy atom. The Kier molecular flexibility index (Phi) is 4.66. The molecule has 4 N–H and O–H groups in total. The Morgan fingerprint density at radius 1 is 1.27 bits per heavy atom. The predicted molar refractivity (Wildman–Crippen MR) is 96.7 cm³/mol. The molecule has 0 amide bonds. The van der Waals surface area contributed by atoms with Crippen molar-refractivity contribution in [2.75, 3.05) is 0 Å². The maximum absolute atomic E-state index is 9.59. The van der Waals surface area contributed by atoms with Crippen LogP contribution in [-0.2, 0) is 6.42 Å². The number of benzene rings is 1. The number of hydrogen-bond donors (Lipinski definition) is 3. The van der Waals surface area contributed by atoms with E-state index >= 15 is 0 Å². The van der Waals surface area contributed by atoms with E-state index < -0.39 is 0 Å². The molecular formula is C18H21N5O3. The van der Waals surface area contributed by atoms with Gasteiger partial charge in [0.05, 0.1) is 33.9 Å². The molecule has 0 saturated heterocycles. The van der Waals surface area contributed by atoms with Gasteiger partial charge in [-0.25, -0.2) is 4.68 Å². The lowest BCUT2D eigenvalue weighted by Crippen LogP contribution is -2.16. The van der Waals surface area contributed by atoms with Crippen molar-refractivity contribution in [1.29, 1.82) is 0 Å². The normalized spacial score (nSPS) is 11.9. The fraction of sp³-hybridized carbons (Fsp3) is 0.278. The number of aromatic nitrogens is 3. The molecule has 3 aromatic rings.